The molecular formula is C21H17F2N5O3. The summed E-state index contributed by atoms with van der Waals surface area (Å²) in [5, 5.41) is 10.7. The molecule has 0 radical (unpaired) electrons. The van der Waals surface area contributed by atoms with Crippen LogP contribution in [0.4, 0.5) is 20.4 Å². The number of anilines is 2. The third kappa shape index (κ3) is 4.42. The Bertz CT molecular complexity index is 1270. The summed E-state index contributed by atoms with van der Waals surface area (Å²) in [6.45, 7) is 1.91. The molecule has 0 spiro atoms. The predicted molar refractivity (Wildman–Crippen MR) is 108 cm³/mol. The molecule has 0 aliphatic carbocycles. The minimum Gasteiger partial charge on any atom is -0.490 e. The maximum atomic E-state index is 13.6. The number of benzene rings is 2. The Morgan fingerprint density at radius 1 is 1.16 bits per heavy atom. The average molecular weight is 425 g/mol. The SMILES string of the molecule is COc1cn(Cc2cc(F)cc(F)c2)c(Nc2cc(-c3nnco3)ccc2C)nc1=O. The molecule has 158 valence electrons. The molecule has 0 unspecified atom stereocenters. The third-order valence-corrected chi connectivity index (χ3v) is 4.55. The average Bonchev–Trinajstić information content (AvgIpc) is 3.25. The molecule has 0 amide bonds. The summed E-state index contributed by atoms with van der Waals surface area (Å²) in [6, 6.07) is 8.64. The number of hydrogen-bond donors (Lipinski definition) is 1. The summed E-state index contributed by atoms with van der Waals surface area (Å²) in [6.07, 6.45) is 2.65. The van der Waals surface area contributed by atoms with E-state index in [0.29, 0.717) is 22.7 Å². The summed E-state index contributed by atoms with van der Waals surface area (Å²) in [7, 11) is 1.34. The first-order chi connectivity index (χ1) is 14.9. The molecule has 0 aliphatic heterocycles. The van der Waals surface area contributed by atoms with Gasteiger partial charge >= 0.3 is 5.56 Å². The molecule has 0 atom stereocenters. The van der Waals surface area contributed by atoms with Crippen molar-refractivity contribution in [3.8, 4) is 17.2 Å². The van der Waals surface area contributed by atoms with Crippen LogP contribution in [0, 0.1) is 18.6 Å². The topological polar surface area (TPSA) is 95.1 Å². The number of aromatic nitrogens is 4. The minimum atomic E-state index is -0.700. The van der Waals surface area contributed by atoms with Gasteiger partial charge in [-0.25, -0.2) is 8.78 Å². The zero-order chi connectivity index (χ0) is 22.0. The lowest BCUT2D eigenvalue weighted by Crippen LogP contribution is -2.19. The van der Waals surface area contributed by atoms with Crippen LogP contribution in [0.15, 0.2) is 58.2 Å². The normalized spacial score (nSPS) is 10.8. The maximum absolute atomic E-state index is 13.6. The molecule has 4 aromatic rings. The van der Waals surface area contributed by atoms with Crippen molar-refractivity contribution in [2.24, 2.45) is 0 Å². The number of nitrogens with one attached hydrogen (secondary N) is 1. The molecule has 2 aromatic heterocycles. The van der Waals surface area contributed by atoms with Gasteiger partial charge in [0.05, 0.1) is 19.9 Å². The molecule has 0 saturated carbocycles. The second kappa shape index (κ2) is 8.34. The number of hydrogen-bond acceptors (Lipinski definition) is 7. The van der Waals surface area contributed by atoms with Crippen LogP contribution in [0.25, 0.3) is 11.5 Å². The maximum Gasteiger partial charge on any atom is 0.316 e. The second-order valence-electron chi connectivity index (χ2n) is 6.74. The first-order valence-corrected chi connectivity index (χ1v) is 9.17. The number of methoxy groups -OCH3 is 1. The lowest BCUT2D eigenvalue weighted by atomic mass is 10.1. The van der Waals surface area contributed by atoms with E-state index in [1.54, 1.807) is 6.07 Å². The van der Waals surface area contributed by atoms with Crippen LogP contribution in [0.5, 0.6) is 5.75 Å². The van der Waals surface area contributed by atoms with Crippen LogP contribution in [-0.2, 0) is 6.54 Å². The number of rotatable bonds is 6. The fourth-order valence-electron chi connectivity index (χ4n) is 3.04. The van der Waals surface area contributed by atoms with E-state index in [1.807, 2.05) is 19.1 Å². The Kier molecular flexibility index (Phi) is 5.44. The summed E-state index contributed by atoms with van der Waals surface area (Å²) in [4.78, 5) is 16.3. The van der Waals surface area contributed by atoms with Crippen molar-refractivity contribution in [2.45, 2.75) is 13.5 Å². The van der Waals surface area contributed by atoms with Crippen molar-refractivity contribution in [3.63, 3.8) is 0 Å². The van der Waals surface area contributed by atoms with E-state index in [2.05, 4.69) is 20.5 Å². The van der Waals surface area contributed by atoms with Crippen molar-refractivity contribution in [2.75, 3.05) is 12.4 Å². The summed E-state index contributed by atoms with van der Waals surface area (Å²) < 4.78 is 39.1. The number of halogens is 2. The third-order valence-electron chi connectivity index (χ3n) is 4.55. The molecule has 8 nitrogen and oxygen atoms in total. The zero-order valence-corrected chi connectivity index (χ0v) is 16.6. The molecular weight excluding hydrogens is 408 g/mol. The first-order valence-electron chi connectivity index (χ1n) is 9.17. The Labute approximate surface area is 175 Å². The van der Waals surface area contributed by atoms with Gasteiger partial charge in [-0.15, -0.1) is 10.2 Å². The van der Waals surface area contributed by atoms with E-state index in [1.165, 1.54) is 36.4 Å². The van der Waals surface area contributed by atoms with E-state index in [-0.39, 0.29) is 18.2 Å². The first kappa shape index (κ1) is 20.2. The van der Waals surface area contributed by atoms with E-state index in [0.717, 1.165) is 11.6 Å². The van der Waals surface area contributed by atoms with Crippen LogP contribution in [-0.4, -0.2) is 26.9 Å². The highest BCUT2D eigenvalue weighted by atomic mass is 19.1. The highest BCUT2D eigenvalue weighted by molar-refractivity contribution is 5.67. The molecule has 4 rings (SSSR count). The van der Waals surface area contributed by atoms with Gasteiger partial charge in [-0.2, -0.15) is 4.98 Å². The predicted octanol–water partition coefficient (Wildman–Crippen LogP) is 3.68. The molecule has 0 saturated heterocycles. The summed E-state index contributed by atoms with van der Waals surface area (Å²) >= 11 is 0. The Balaban J connectivity index is 1.75. The Morgan fingerprint density at radius 3 is 2.61 bits per heavy atom. The molecule has 2 aromatic carbocycles. The molecule has 2 heterocycles. The number of nitrogens with zero attached hydrogens (tertiary/aromatic N) is 4. The van der Waals surface area contributed by atoms with Gasteiger partial charge in [0.15, 0.2) is 0 Å². The van der Waals surface area contributed by atoms with Crippen molar-refractivity contribution < 1.29 is 17.9 Å². The summed E-state index contributed by atoms with van der Waals surface area (Å²) in [5.74, 6) is -0.902. The quantitative estimate of drug-likeness (QED) is 0.504. The Hall–Kier alpha value is -4.08. The molecule has 31 heavy (non-hydrogen) atoms. The number of ether oxygens (including phenoxy) is 1. The zero-order valence-electron chi connectivity index (χ0n) is 16.6. The van der Waals surface area contributed by atoms with E-state index >= 15 is 0 Å². The van der Waals surface area contributed by atoms with Crippen LogP contribution in [0.3, 0.4) is 0 Å². The second-order valence-corrected chi connectivity index (χ2v) is 6.74. The highest BCUT2D eigenvalue weighted by Crippen LogP contribution is 2.26. The molecule has 10 heteroatoms. The molecule has 0 fully saturated rings. The largest absolute Gasteiger partial charge is 0.490 e. The van der Waals surface area contributed by atoms with Crippen molar-refractivity contribution in [1.29, 1.82) is 0 Å². The Morgan fingerprint density at radius 2 is 1.94 bits per heavy atom. The van der Waals surface area contributed by atoms with Crippen LogP contribution < -0.4 is 15.6 Å². The van der Waals surface area contributed by atoms with Gasteiger partial charge in [0.2, 0.25) is 24.0 Å². The van der Waals surface area contributed by atoms with Crippen molar-refractivity contribution in [3.05, 3.63) is 82.1 Å². The van der Waals surface area contributed by atoms with Crippen LogP contribution in [0.2, 0.25) is 0 Å². The van der Waals surface area contributed by atoms with Crippen LogP contribution >= 0.6 is 0 Å². The smallest absolute Gasteiger partial charge is 0.316 e. The van der Waals surface area contributed by atoms with E-state index in [9.17, 15) is 13.6 Å². The minimum absolute atomic E-state index is 0.00115. The lowest BCUT2D eigenvalue weighted by Gasteiger charge is -2.17. The summed E-state index contributed by atoms with van der Waals surface area (Å²) in [5.41, 5.74) is 1.92. The molecule has 1 N–H and O–H groups in total. The van der Waals surface area contributed by atoms with Gasteiger partial charge in [-0.05, 0) is 42.3 Å². The number of aryl methyl sites for hydroxylation is 1. The van der Waals surface area contributed by atoms with Crippen LogP contribution in [0.1, 0.15) is 11.1 Å². The monoisotopic (exact) mass is 425 g/mol. The van der Waals surface area contributed by atoms with Crippen molar-refractivity contribution >= 4 is 11.6 Å². The van der Waals surface area contributed by atoms with E-state index in [4.69, 9.17) is 9.15 Å². The molecule has 0 bridgehead atoms. The van der Waals surface area contributed by atoms with Gasteiger partial charge in [0.25, 0.3) is 0 Å². The standard InChI is InChI=1S/C21H17F2N5O3/c1-12-3-4-14(20-27-24-11-31-20)7-17(12)25-21-26-19(29)18(30-2)10-28(21)9-13-5-15(22)8-16(23)6-13/h3-8,10-11H,9H2,1-2H3,(H,25,26,29). The highest BCUT2D eigenvalue weighted by Gasteiger charge is 2.13. The van der Waals surface area contributed by atoms with Gasteiger partial charge in [0.1, 0.15) is 11.6 Å². The van der Waals surface area contributed by atoms with Gasteiger partial charge in [0, 0.05) is 17.3 Å². The van der Waals surface area contributed by atoms with Crippen molar-refractivity contribution in [1.82, 2.24) is 19.7 Å². The molecule has 0 aliphatic rings. The lowest BCUT2D eigenvalue weighted by molar-refractivity contribution is 0.402. The fraction of sp³-hybridized carbons (Fsp3) is 0.143. The fourth-order valence-corrected chi connectivity index (χ4v) is 3.04. The van der Waals surface area contributed by atoms with Gasteiger partial charge in [-0.1, -0.05) is 6.07 Å². The van der Waals surface area contributed by atoms with E-state index < -0.39 is 17.2 Å². The van der Waals surface area contributed by atoms with Gasteiger partial charge in [-0.3, -0.25) is 4.79 Å². The van der Waals surface area contributed by atoms with Gasteiger partial charge < -0.3 is 19.0 Å².